The molecular weight excluding hydrogens is 307 g/mol. The molecule has 0 amide bonds. The van der Waals surface area contributed by atoms with Crippen LogP contribution < -0.4 is 5.56 Å². The molecule has 1 aromatic rings. The van der Waals surface area contributed by atoms with Gasteiger partial charge in [0.1, 0.15) is 0 Å². The summed E-state index contributed by atoms with van der Waals surface area (Å²) in [5.41, 5.74) is -0.665. The molecule has 1 heterocycles. The SMILES string of the molecule is CCC(=O)OCCCCCCn1cc(F)c(=O)n(CC)c1=S. The average Bonchev–Trinajstić information content (AvgIpc) is 2.51. The van der Waals surface area contributed by atoms with E-state index in [9.17, 15) is 14.0 Å². The highest BCUT2D eigenvalue weighted by molar-refractivity contribution is 7.71. The van der Waals surface area contributed by atoms with Gasteiger partial charge in [-0.1, -0.05) is 13.3 Å². The van der Waals surface area contributed by atoms with Crippen molar-refractivity contribution in [3.8, 4) is 0 Å². The second-order valence-corrected chi connectivity index (χ2v) is 5.36. The first kappa shape index (κ1) is 18.5. The summed E-state index contributed by atoms with van der Waals surface area (Å²) in [4.78, 5) is 22.5. The molecule has 124 valence electrons. The minimum Gasteiger partial charge on any atom is -0.466 e. The fourth-order valence-corrected chi connectivity index (χ4v) is 2.44. The summed E-state index contributed by atoms with van der Waals surface area (Å²) in [5, 5.41) is 0. The molecule has 5 nitrogen and oxygen atoms in total. The number of aromatic nitrogens is 2. The van der Waals surface area contributed by atoms with Crippen LogP contribution in [0.15, 0.2) is 11.0 Å². The molecule has 0 spiro atoms. The number of hydrogen-bond acceptors (Lipinski definition) is 4. The third-order valence-electron chi connectivity index (χ3n) is 3.36. The Morgan fingerprint density at radius 3 is 2.59 bits per heavy atom. The second-order valence-electron chi connectivity index (χ2n) is 4.99. The number of unbranched alkanes of at least 4 members (excludes halogenated alkanes) is 3. The van der Waals surface area contributed by atoms with Crippen molar-refractivity contribution in [2.45, 2.75) is 59.0 Å². The molecule has 0 saturated carbocycles. The first-order valence-corrected chi connectivity index (χ1v) is 8.07. The Balaban J connectivity index is 2.40. The molecule has 0 atom stereocenters. The summed E-state index contributed by atoms with van der Waals surface area (Å²) in [5.74, 6) is -0.953. The van der Waals surface area contributed by atoms with E-state index in [0.29, 0.717) is 30.9 Å². The Morgan fingerprint density at radius 1 is 1.27 bits per heavy atom. The molecule has 0 aliphatic carbocycles. The molecule has 0 bridgehead atoms. The number of nitrogens with zero attached hydrogens (tertiary/aromatic N) is 2. The van der Waals surface area contributed by atoms with Crippen molar-refractivity contribution >= 4 is 18.2 Å². The topological polar surface area (TPSA) is 53.2 Å². The minimum absolute atomic E-state index is 0.177. The Morgan fingerprint density at radius 2 is 1.95 bits per heavy atom. The molecular formula is C15H23FN2O3S. The lowest BCUT2D eigenvalue weighted by Gasteiger charge is -2.11. The molecule has 22 heavy (non-hydrogen) atoms. The lowest BCUT2D eigenvalue weighted by Crippen LogP contribution is -2.27. The van der Waals surface area contributed by atoms with Gasteiger partial charge in [-0.3, -0.25) is 14.2 Å². The van der Waals surface area contributed by atoms with Gasteiger partial charge in [0.15, 0.2) is 4.77 Å². The van der Waals surface area contributed by atoms with E-state index in [0.717, 1.165) is 25.7 Å². The molecule has 1 rings (SSSR count). The van der Waals surface area contributed by atoms with E-state index in [1.165, 1.54) is 10.8 Å². The highest BCUT2D eigenvalue weighted by Gasteiger charge is 2.07. The normalized spacial score (nSPS) is 10.7. The van der Waals surface area contributed by atoms with Gasteiger partial charge in [-0.05, 0) is 38.4 Å². The fourth-order valence-electron chi connectivity index (χ4n) is 2.08. The molecule has 0 fully saturated rings. The third-order valence-corrected chi connectivity index (χ3v) is 3.81. The summed E-state index contributed by atoms with van der Waals surface area (Å²) >= 11 is 5.20. The molecule has 0 saturated heterocycles. The zero-order valence-corrected chi connectivity index (χ0v) is 14.0. The van der Waals surface area contributed by atoms with Crippen molar-refractivity contribution < 1.29 is 13.9 Å². The van der Waals surface area contributed by atoms with Crippen molar-refractivity contribution in [1.29, 1.82) is 0 Å². The van der Waals surface area contributed by atoms with Crippen molar-refractivity contribution in [2.24, 2.45) is 0 Å². The van der Waals surface area contributed by atoms with Crippen LogP contribution >= 0.6 is 12.2 Å². The van der Waals surface area contributed by atoms with Gasteiger partial charge in [0.05, 0.1) is 6.61 Å². The van der Waals surface area contributed by atoms with Crippen molar-refractivity contribution in [1.82, 2.24) is 9.13 Å². The predicted octanol–water partition coefficient (Wildman–Crippen LogP) is 3.05. The number of hydrogen-bond donors (Lipinski definition) is 0. The van der Waals surface area contributed by atoms with Crippen molar-refractivity contribution in [2.75, 3.05) is 6.61 Å². The van der Waals surface area contributed by atoms with Gasteiger partial charge in [-0.25, -0.2) is 0 Å². The Hall–Kier alpha value is -1.50. The predicted molar refractivity (Wildman–Crippen MR) is 84.9 cm³/mol. The Kier molecular flexibility index (Phi) is 8.01. The minimum atomic E-state index is -0.776. The summed E-state index contributed by atoms with van der Waals surface area (Å²) in [6.45, 7) is 4.91. The van der Waals surface area contributed by atoms with Crippen LogP contribution in [-0.2, 0) is 22.6 Å². The van der Waals surface area contributed by atoms with E-state index >= 15 is 0 Å². The van der Waals surface area contributed by atoms with Gasteiger partial charge in [0, 0.05) is 25.7 Å². The highest BCUT2D eigenvalue weighted by atomic mass is 32.1. The van der Waals surface area contributed by atoms with Crippen LogP contribution in [-0.4, -0.2) is 21.7 Å². The van der Waals surface area contributed by atoms with Gasteiger partial charge < -0.3 is 9.30 Å². The van der Waals surface area contributed by atoms with E-state index in [1.54, 1.807) is 18.4 Å². The molecule has 0 N–H and O–H groups in total. The molecule has 0 radical (unpaired) electrons. The average molecular weight is 330 g/mol. The largest absolute Gasteiger partial charge is 0.466 e. The van der Waals surface area contributed by atoms with E-state index in [-0.39, 0.29) is 5.97 Å². The zero-order valence-electron chi connectivity index (χ0n) is 13.1. The first-order valence-electron chi connectivity index (χ1n) is 7.66. The number of aryl methyl sites for hydroxylation is 1. The van der Waals surface area contributed by atoms with Gasteiger partial charge >= 0.3 is 5.97 Å². The lowest BCUT2D eigenvalue weighted by molar-refractivity contribution is -0.143. The van der Waals surface area contributed by atoms with Gasteiger partial charge in [0.25, 0.3) is 5.56 Å². The number of halogens is 1. The van der Waals surface area contributed by atoms with E-state index in [2.05, 4.69) is 0 Å². The molecule has 0 aliphatic heterocycles. The third kappa shape index (κ3) is 5.36. The maximum absolute atomic E-state index is 13.5. The number of carbonyl (C=O) groups excluding carboxylic acids is 1. The second kappa shape index (κ2) is 9.50. The smallest absolute Gasteiger partial charge is 0.305 e. The summed E-state index contributed by atoms with van der Waals surface area (Å²) in [7, 11) is 0. The monoisotopic (exact) mass is 330 g/mol. The van der Waals surface area contributed by atoms with Crippen LogP contribution in [0.4, 0.5) is 4.39 Å². The standard InChI is InChI=1S/C15H23FN2O3S/c1-3-13(19)21-10-8-6-5-7-9-17-11-12(16)14(20)18(4-2)15(17)22/h11H,3-10H2,1-2H3. The molecule has 0 aliphatic rings. The number of ether oxygens (including phenoxy) is 1. The van der Waals surface area contributed by atoms with Gasteiger partial charge in [0.2, 0.25) is 5.82 Å². The quantitative estimate of drug-likeness (QED) is 0.397. The Labute approximate surface area is 134 Å². The van der Waals surface area contributed by atoms with Crippen LogP contribution in [0.1, 0.15) is 46.0 Å². The number of rotatable bonds is 9. The van der Waals surface area contributed by atoms with Gasteiger partial charge in [-0.2, -0.15) is 4.39 Å². The fraction of sp³-hybridized carbons (Fsp3) is 0.667. The van der Waals surface area contributed by atoms with Gasteiger partial charge in [-0.15, -0.1) is 0 Å². The summed E-state index contributed by atoms with van der Waals surface area (Å²) < 4.78 is 21.7. The van der Waals surface area contributed by atoms with E-state index in [4.69, 9.17) is 17.0 Å². The maximum atomic E-state index is 13.5. The van der Waals surface area contributed by atoms with Crippen LogP contribution in [0.25, 0.3) is 0 Å². The zero-order chi connectivity index (χ0) is 16.5. The van der Waals surface area contributed by atoms with Crippen LogP contribution in [0.2, 0.25) is 0 Å². The van der Waals surface area contributed by atoms with Crippen LogP contribution in [0.3, 0.4) is 0 Å². The summed E-state index contributed by atoms with van der Waals surface area (Å²) in [6.07, 6.45) is 5.09. The van der Waals surface area contributed by atoms with E-state index in [1.807, 2.05) is 0 Å². The molecule has 1 aromatic heterocycles. The van der Waals surface area contributed by atoms with Crippen LogP contribution in [0, 0.1) is 10.6 Å². The molecule has 7 heteroatoms. The van der Waals surface area contributed by atoms with E-state index < -0.39 is 11.4 Å². The highest BCUT2D eigenvalue weighted by Crippen LogP contribution is 2.05. The maximum Gasteiger partial charge on any atom is 0.305 e. The van der Waals surface area contributed by atoms with Crippen molar-refractivity contribution in [3.05, 3.63) is 27.1 Å². The number of esters is 1. The molecule has 0 unspecified atom stereocenters. The first-order chi connectivity index (χ1) is 10.5. The number of carbonyl (C=O) groups is 1. The Bertz CT molecular complexity index is 610. The van der Waals surface area contributed by atoms with Crippen LogP contribution in [0.5, 0.6) is 0 Å². The lowest BCUT2D eigenvalue weighted by atomic mass is 10.2. The van der Waals surface area contributed by atoms with Crippen molar-refractivity contribution in [3.63, 3.8) is 0 Å². The molecule has 0 aromatic carbocycles. The summed E-state index contributed by atoms with van der Waals surface area (Å²) in [6, 6.07) is 0.